The summed E-state index contributed by atoms with van der Waals surface area (Å²) < 4.78 is 0. The van der Waals surface area contributed by atoms with Gasteiger partial charge < -0.3 is 15.3 Å². The summed E-state index contributed by atoms with van der Waals surface area (Å²) in [6.45, 7) is 3.52. The van der Waals surface area contributed by atoms with E-state index in [-0.39, 0.29) is 5.91 Å². The number of rotatable bonds is 4. The predicted octanol–water partition coefficient (Wildman–Crippen LogP) is 1.59. The lowest BCUT2D eigenvalue weighted by Gasteiger charge is -2.29. The number of aromatic nitrogens is 3. The highest BCUT2D eigenvalue weighted by Gasteiger charge is 2.25. The third-order valence-corrected chi connectivity index (χ3v) is 5.82. The van der Waals surface area contributed by atoms with E-state index >= 15 is 0 Å². The fraction of sp³-hybridized carbons (Fsp3) is 0.381. The van der Waals surface area contributed by atoms with Gasteiger partial charge in [-0.25, -0.2) is 4.98 Å². The van der Waals surface area contributed by atoms with Gasteiger partial charge in [-0.3, -0.25) is 14.8 Å². The fourth-order valence-corrected chi connectivity index (χ4v) is 4.22. The molecule has 29 heavy (non-hydrogen) atoms. The van der Waals surface area contributed by atoms with E-state index in [2.05, 4.69) is 25.4 Å². The fourth-order valence-electron chi connectivity index (χ4n) is 4.22. The molecule has 0 radical (unpaired) electrons. The highest BCUT2D eigenvalue weighted by atomic mass is 16.3. The lowest BCUT2D eigenvalue weighted by atomic mass is 9.99. The summed E-state index contributed by atoms with van der Waals surface area (Å²) >= 11 is 0. The van der Waals surface area contributed by atoms with Crippen molar-refractivity contribution in [1.82, 2.24) is 25.0 Å². The van der Waals surface area contributed by atoms with Gasteiger partial charge in [0.25, 0.3) is 5.91 Å². The van der Waals surface area contributed by atoms with Crippen molar-refractivity contribution < 1.29 is 9.90 Å². The second kappa shape index (κ2) is 7.46. The van der Waals surface area contributed by atoms with Gasteiger partial charge in [-0.05, 0) is 42.2 Å². The molecule has 0 bridgehead atoms. The zero-order chi connectivity index (χ0) is 19.8. The Bertz CT molecular complexity index is 1050. The van der Waals surface area contributed by atoms with E-state index in [1.165, 1.54) is 11.1 Å². The molecule has 1 saturated heterocycles. The molecule has 1 amide bonds. The molecule has 5 rings (SSSR count). The number of benzene rings is 1. The van der Waals surface area contributed by atoms with Crippen molar-refractivity contribution in [2.24, 2.45) is 0 Å². The molecular formula is C21H24N6O2. The van der Waals surface area contributed by atoms with Gasteiger partial charge in [0, 0.05) is 49.0 Å². The Morgan fingerprint density at radius 3 is 3.10 bits per heavy atom. The van der Waals surface area contributed by atoms with Crippen LogP contribution in [0.5, 0.6) is 0 Å². The molecule has 2 aromatic heterocycles. The van der Waals surface area contributed by atoms with Crippen LogP contribution in [-0.4, -0.2) is 68.4 Å². The molecule has 150 valence electrons. The van der Waals surface area contributed by atoms with Gasteiger partial charge in [0.1, 0.15) is 0 Å². The van der Waals surface area contributed by atoms with Gasteiger partial charge in [-0.15, -0.1) is 0 Å². The van der Waals surface area contributed by atoms with Gasteiger partial charge in [0.05, 0.1) is 19.0 Å². The Balaban J connectivity index is 1.23. The molecule has 0 spiro atoms. The molecule has 1 unspecified atom stereocenters. The Labute approximate surface area is 168 Å². The number of hydrogen-bond donors (Lipinski definition) is 3. The number of β-amino-alcohol motifs (C(OH)–C–C–N with tert-alkyl or cyclic N) is 1. The van der Waals surface area contributed by atoms with Crippen LogP contribution < -0.4 is 5.32 Å². The van der Waals surface area contributed by atoms with Crippen LogP contribution in [-0.2, 0) is 13.0 Å². The molecule has 0 aliphatic carbocycles. The van der Waals surface area contributed by atoms with Crippen LogP contribution in [0.1, 0.15) is 27.9 Å². The molecule has 3 aromatic rings. The zero-order valence-corrected chi connectivity index (χ0v) is 16.1. The van der Waals surface area contributed by atoms with Crippen LogP contribution in [0.3, 0.4) is 0 Å². The van der Waals surface area contributed by atoms with E-state index in [9.17, 15) is 9.90 Å². The minimum atomic E-state index is -0.403. The molecule has 1 fully saturated rings. The first-order valence-electron chi connectivity index (χ1n) is 10.0. The van der Waals surface area contributed by atoms with E-state index in [0.29, 0.717) is 31.7 Å². The van der Waals surface area contributed by atoms with E-state index in [1.807, 2.05) is 36.7 Å². The number of H-pyrrole nitrogens is 1. The van der Waals surface area contributed by atoms with Crippen molar-refractivity contribution in [3.05, 3.63) is 53.3 Å². The predicted molar refractivity (Wildman–Crippen MR) is 109 cm³/mol. The lowest BCUT2D eigenvalue weighted by molar-refractivity contribution is 0.0765. The summed E-state index contributed by atoms with van der Waals surface area (Å²) in [4.78, 5) is 21.1. The number of fused-ring (bicyclic) bond motifs is 3. The number of carbonyl (C=O) groups is 1. The summed E-state index contributed by atoms with van der Waals surface area (Å²) in [6.07, 6.45) is 5.01. The van der Waals surface area contributed by atoms with E-state index < -0.39 is 6.10 Å². The van der Waals surface area contributed by atoms with Gasteiger partial charge in [0.15, 0.2) is 5.65 Å². The lowest BCUT2D eigenvalue weighted by Crippen LogP contribution is -2.34. The number of anilines is 1. The van der Waals surface area contributed by atoms with Gasteiger partial charge in [0.2, 0.25) is 0 Å². The first kappa shape index (κ1) is 18.1. The number of nitrogens with one attached hydrogen (secondary N) is 2. The Kier molecular flexibility index (Phi) is 4.65. The molecule has 0 saturated carbocycles. The monoisotopic (exact) mass is 392 g/mol. The number of pyridine rings is 1. The van der Waals surface area contributed by atoms with Gasteiger partial charge in [-0.2, -0.15) is 5.10 Å². The maximum Gasteiger partial charge on any atom is 0.254 e. The van der Waals surface area contributed by atoms with Crippen molar-refractivity contribution >= 4 is 22.6 Å². The molecular weight excluding hydrogens is 368 g/mol. The molecule has 2 aliphatic heterocycles. The second-order valence-electron chi connectivity index (χ2n) is 7.81. The van der Waals surface area contributed by atoms with Crippen molar-refractivity contribution in [2.45, 2.75) is 25.5 Å². The van der Waals surface area contributed by atoms with Gasteiger partial charge >= 0.3 is 0 Å². The molecule has 8 heteroatoms. The number of aliphatic hydroxyl groups excluding tert-OH is 1. The van der Waals surface area contributed by atoms with E-state index in [4.69, 9.17) is 0 Å². The highest BCUT2D eigenvalue weighted by molar-refractivity contribution is 5.95. The Morgan fingerprint density at radius 1 is 1.31 bits per heavy atom. The van der Waals surface area contributed by atoms with Crippen LogP contribution in [0.25, 0.3) is 11.0 Å². The van der Waals surface area contributed by atoms with E-state index in [1.54, 1.807) is 4.90 Å². The summed E-state index contributed by atoms with van der Waals surface area (Å²) in [7, 11) is 0. The largest absolute Gasteiger partial charge is 0.391 e. The van der Waals surface area contributed by atoms with Crippen LogP contribution in [0.2, 0.25) is 0 Å². The molecule has 1 atom stereocenters. The summed E-state index contributed by atoms with van der Waals surface area (Å²) in [6, 6.07) is 7.59. The highest BCUT2D eigenvalue weighted by Crippen LogP contribution is 2.25. The standard InChI is InChI=1S/C21H24N6O2/c28-17-4-7-27(12-17)21(29)14-2-1-3-16(8-14)23-13-26-6-5-18-15(11-26)9-22-20-19(18)10-24-25-20/h1-3,8-10,17,23,28H,4-7,11-13H2,(H,22,24,25). The summed E-state index contributed by atoms with van der Waals surface area (Å²) in [5.74, 6) is -0.0210. The van der Waals surface area contributed by atoms with Crippen molar-refractivity contribution in [3.63, 3.8) is 0 Å². The van der Waals surface area contributed by atoms with Crippen LogP contribution >= 0.6 is 0 Å². The SMILES string of the molecule is O=C(c1cccc(NCN2CCc3c(cnc4[nH]ncc34)C2)c1)N1CCC(O)C1. The van der Waals surface area contributed by atoms with Gasteiger partial charge in [-0.1, -0.05) is 6.07 Å². The molecule has 1 aromatic carbocycles. The average Bonchev–Trinajstić information content (AvgIpc) is 3.40. The first-order valence-corrected chi connectivity index (χ1v) is 10.0. The minimum absolute atomic E-state index is 0.0210. The summed E-state index contributed by atoms with van der Waals surface area (Å²) in [5, 5.41) is 21.3. The van der Waals surface area contributed by atoms with Crippen molar-refractivity contribution in [1.29, 1.82) is 0 Å². The Hall–Kier alpha value is -2.97. The first-order chi connectivity index (χ1) is 14.2. The average molecular weight is 392 g/mol. The molecule has 2 aliphatic rings. The van der Waals surface area contributed by atoms with Crippen LogP contribution in [0.4, 0.5) is 5.69 Å². The number of carbonyl (C=O) groups excluding carboxylic acids is 1. The maximum absolute atomic E-state index is 12.6. The summed E-state index contributed by atoms with van der Waals surface area (Å²) in [5.41, 5.74) is 5.00. The number of aliphatic hydroxyl groups is 1. The Morgan fingerprint density at radius 2 is 2.24 bits per heavy atom. The third kappa shape index (κ3) is 3.56. The third-order valence-electron chi connectivity index (χ3n) is 5.82. The number of amides is 1. The minimum Gasteiger partial charge on any atom is -0.391 e. The topological polar surface area (TPSA) is 97.4 Å². The maximum atomic E-state index is 12.6. The quantitative estimate of drug-likeness (QED) is 0.624. The zero-order valence-electron chi connectivity index (χ0n) is 16.1. The van der Waals surface area contributed by atoms with Crippen molar-refractivity contribution in [2.75, 3.05) is 31.6 Å². The van der Waals surface area contributed by atoms with Crippen LogP contribution in [0.15, 0.2) is 36.7 Å². The molecule has 8 nitrogen and oxygen atoms in total. The second-order valence-corrected chi connectivity index (χ2v) is 7.81. The van der Waals surface area contributed by atoms with Crippen molar-refractivity contribution in [3.8, 4) is 0 Å². The van der Waals surface area contributed by atoms with Crippen LogP contribution in [0, 0.1) is 0 Å². The molecule has 4 heterocycles. The smallest absolute Gasteiger partial charge is 0.254 e. The van der Waals surface area contributed by atoms with E-state index in [0.717, 1.165) is 36.2 Å². The molecule has 3 N–H and O–H groups in total. The normalized spacial score (nSPS) is 19.5. The number of aromatic amines is 1. The number of nitrogens with zero attached hydrogens (tertiary/aromatic N) is 4. The number of likely N-dealkylation sites (tertiary alicyclic amines) is 1. The number of hydrogen-bond acceptors (Lipinski definition) is 6.